The summed E-state index contributed by atoms with van der Waals surface area (Å²) in [7, 11) is 1.41. The number of carbonyl (C=O) groups is 1. The Hall–Kier alpha value is -2.30. The second-order valence-electron chi connectivity index (χ2n) is 3.96. The second kappa shape index (κ2) is 5.14. The smallest absolute Gasteiger partial charge is 0.213 e. The van der Waals surface area contributed by atoms with Crippen LogP contribution in [-0.2, 0) is 0 Å². The Balaban J connectivity index is 2.59. The van der Waals surface area contributed by atoms with Crippen LogP contribution in [0.15, 0.2) is 30.5 Å². The van der Waals surface area contributed by atoms with Gasteiger partial charge in [0.2, 0.25) is 5.88 Å². The lowest BCUT2D eigenvalue weighted by Gasteiger charge is -2.07. The fourth-order valence-corrected chi connectivity index (χ4v) is 1.71. The van der Waals surface area contributed by atoms with Crippen molar-refractivity contribution in [1.82, 2.24) is 4.98 Å². The van der Waals surface area contributed by atoms with Gasteiger partial charge in [0.1, 0.15) is 11.6 Å². The van der Waals surface area contributed by atoms with Crippen molar-refractivity contribution in [2.45, 2.75) is 6.92 Å². The summed E-state index contributed by atoms with van der Waals surface area (Å²) in [6, 6.07) is 5.25. The van der Waals surface area contributed by atoms with Crippen molar-refractivity contribution in [2.24, 2.45) is 0 Å². The summed E-state index contributed by atoms with van der Waals surface area (Å²) in [5, 5.41) is 0. The monoisotopic (exact) mass is 263 g/mol. The molecule has 0 unspecified atom stereocenters. The number of methoxy groups -OCH3 is 1. The standard InChI is InChI=1S/C14H11F2NO2/c1-8(18)10-5-9(3-4-12(10)15)11-6-14(19-2)17-7-13(11)16/h3-7H,1-2H3. The minimum atomic E-state index is -0.627. The largest absolute Gasteiger partial charge is 0.481 e. The lowest BCUT2D eigenvalue weighted by molar-refractivity contribution is 0.101. The predicted molar refractivity (Wildman–Crippen MR) is 66.1 cm³/mol. The molecular weight excluding hydrogens is 252 g/mol. The molecule has 0 aliphatic heterocycles. The third-order valence-electron chi connectivity index (χ3n) is 2.70. The Labute approximate surface area is 108 Å². The zero-order valence-corrected chi connectivity index (χ0v) is 10.4. The zero-order valence-electron chi connectivity index (χ0n) is 10.4. The number of rotatable bonds is 3. The maximum atomic E-state index is 13.7. The van der Waals surface area contributed by atoms with Crippen LogP contribution >= 0.6 is 0 Å². The van der Waals surface area contributed by atoms with Gasteiger partial charge in [0.05, 0.1) is 18.9 Å². The minimum absolute atomic E-state index is 0.0762. The van der Waals surface area contributed by atoms with Gasteiger partial charge in [-0.1, -0.05) is 6.07 Å². The Morgan fingerprint density at radius 2 is 1.95 bits per heavy atom. The molecule has 19 heavy (non-hydrogen) atoms. The highest BCUT2D eigenvalue weighted by molar-refractivity contribution is 5.95. The first-order chi connectivity index (χ1) is 9.02. The summed E-state index contributed by atoms with van der Waals surface area (Å²) in [4.78, 5) is 15.0. The molecule has 0 saturated heterocycles. The number of nitrogens with zero attached hydrogens (tertiary/aromatic N) is 1. The highest BCUT2D eigenvalue weighted by Gasteiger charge is 2.12. The summed E-state index contributed by atoms with van der Waals surface area (Å²) in [6.45, 7) is 1.26. The number of aromatic nitrogens is 1. The van der Waals surface area contributed by atoms with Crippen molar-refractivity contribution in [3.63, 3.8) is 0 Å². The van der Waals surface area contributed by atoms with E-state index in [1.807, 2.05) is 0 Å². The number of carbonyl (C=O) groups excluding carboxylic acids is 1. The number of hydrogen-bond acceptors (Lipinski definition) is 3. The molecule has 0 saturated carbocycles. The van der Waals surface area contributed by atoms with Gasteiger partial charge < -0.3 is 4.74 Å². The first-order valence-corrected chi connectivity index (χ1v) is 5.53. The molecule has 0 N–H and O–H groups in total. The number of hydrogen-bond donors (Lipinski definition) is 0. The van der Waals surface area contributed by atoms with Crippen LogP contribution in [-0.4, -0.2) is 17.9 Å². The third kappa shape index (κ3) is 2.59. The Morgan fingerprint density at radius 1 is 1.21 bits per heavy atom. The normalized spacial score (nSPS) is 10.3. The Kier molecular flexibility index (Phi) is 3.55. The van der Waals surface area contributed by atoms with Crippen LogP contribution in [0.25, 0.3) is 11.1 Å². The first kappa shape index (κ1) is 13.1. The van der Waals surface area contributed by atoms with E-state index in [9.17, 15) is 13.6 Å². The first-order valence-electron chi connectivity index (χ1n) is 5.53. The fourth-order valence-electron chi connectivity index (χ4n) is 1.71. The molecule has 0 radical (unpaired) electrons. The number of ether oxygens (including phenoxy) is 1. The quantitative estimate of drug-likeness (QED) is 0.798. The molecule has 3 nitrogen and oxygen atoms in total. The lowest BCUT2D eigenvalue weighted by Crippen LogP contribution is -1.98. The van der Waals surface area contributed by atoms with Gasteiger partial charge in [0.15, 0.2) is 5.78 Å². The van der Waals surface area contributed by atoms with E-state index in [4.69, 9.17) is 4.74 Å². The lowest BCUT2D eigenvalue weighted by atomic mass is 10.0. The van der Waals surface area contributed by atoms with E-state index in [1.54, 1.807) is 0 Å². The van der Waals surface area contributed by atoms with E-state index < -0.39 is 17.4 Å². The van der Waals surface area contributed by atoms with E-state index in [0.717, 1.165) is 12.3 Å². The Bertz CT molecular complexity index is 641. The molecule has 0 fully saturated rings. The van der Waals surface area contributed by atoms with Crippen LogP contribution in [0, 0.1) is 11.6 Å². The molecule has 2 rings (SSSR count). The van der Waals surface area contributed by atoms with Gasteiger partial charge in [-0.2, -0.15) is 0 Å². The van der Waals surface area contributed by atoms with Crippen LogP contribution in [0.4, 0.5) is 8.78 Å². The Morgan fingerprint density at radius 3 is 2.58 bits per heavy atom. The highest BCUT2D eigenvalue weighted by Crippen LogP contribution is 2.27. The minimum Gasteiger partial charge on any atom is -0.481 e. The molecule has 0 spiro atoms. The number of halogens is 2. The van der Waals surface area contributed by atoms with Crippen LogP contribution in [0.2, 0.25) is 0 Å². The molecule has 0 amide bonds. The molecule has 2 aromatic rings. The molecule has 0 atom stereocenters. The average Bonchev–Trinajstić information content (AvgIpc) is 2.40. The number of pyridine rings is 1. The highest BCUT2D eigenvalue weighted by atomic mass is 19.1. The van der Waals surface area contributed by atoms with Gasteiger partial charge in [0.25, 0.3) is 0 Å². The van der Waals surface area contributed by atoms with Gasteiger partial charge in [0, 0.05) is 11.6 Å². The van der Waals surface area contributed by atoms with Crippen molar-refractivity contribution in [2.75, 3.05) is 7.11 Å². The predicted octanol–water partition coefficient (Wildman–Crippen LogP) is 3.24. The SMILES string of the molecule is COc1cc(-c2ccc(F)c(C(C)=O)c2)c(F)cn1. The summed E-state index contributed by atoms with van der Waals surface area (Å²) < 4.78 is 32.1. The molecule has 0 aliphatic rings. The van der Waals surface area contributed by atoms with Gasteiger partial charge in [-0.05, 0) is 24.6 Å². The van der Waals surface area contributed by atoms with E-state index in [1.165, 1.54) is 32.2 Å². The number of ketones is 1. The fraction of sp³-hybridized carbons (Fsp3) is 0.143. The number of benzene rings is 1. The van der Waals surface area contributed by atoms with Gasteiger partial charge in [-0.15, -0.1) is 0 Å². The van der Waals surface area contributed by atoms with Gasteiger partial charge in [-0.3, -0.25) is 4.79 Å². The summed E-state index contributed by atoms with van der Waals surface area (Å²) >= 11 is 0. The maximum Gasteiger partial charge on any atom is 0.213 e. The van der Waals surface area contributed by atoms with Crippen molar-refractivity contribution in [3.8, 4) is 17.0 Å². The molecule has 98 valence electrons. The van der Waals surface area contributed by atoms with Crippen molar-refractivity contribution >= 4 is 5.78 Å². The second-order valence-corrected chi connectivity index (χ2v) is 3.96. The zero-order chi connectivity index (χ0) is 14.0. The third-order valence-corrected chi connectivity index (χ3v) is 2.70. The van der Waals surface area contributed by atoms with Crippen molar-refractivity contribution in [3.05, 3.63) is 47.7 Å². The van der Waals surface area contributed by atoms with E-state index in [0.29, 0.717) is 5.56 Å². The van der Waals surface area contributed by atoms with Gasteiger partial charge >= 0.3 is 0 Å². The molecule has 0 aliphatic carbocycles. The molecule has 5 heteroatoms. The van der Waals surface area contributed by atoms with E-state index in [-0.39, 0.29) is 17.0 Å². The molecule has 1 aromatic carbocycles. The summed E-state index contributed by atoms with van der Waals surface area (Å²) in [5.74, 6) is -1.37. The molecule has 1 aromatic heterocycles. The van der Waals surface area contributed by atoms with E-state index >= 15 is 0 Å². The van der Waals surface area contributed by atoms with Gasteiger partial charge in [-0.25, -0.2) is 13.8 Å². The maximum absolute atomic E-state index is 13.7. The topological polar surface area (TPSA) is 39.2 Å². The summed E-state index contributed by atoms with van der Waals surface area (Å²) in [6.07, 6.45) is 1.02. The average molecular weight is 263 g/mol. The van der Waals surface area contributed by atoms with Crippen LogP contribution in [0.5, 0.6) is 5.88 Å². The molecule has 1 heterocycles. The molecule has 0 bridgehead atoms. The van der Waals surface area contributed by atoms with E-state index in [2.05, 4.69) is 4.98 Å². The number of Topliss-reactive ketones (excluding diaryl/α,β-unsaturated/α-hetero) is 1. The summed E-state index contributed by atoms with van der Waals surface area (Å²) in [5.41, 5.74) is 0.520. The van der Waals surface area contributed by atoms with Crippen LogP contribution in [0.3, 0.4) is 0 Å². The van der Waals surface area contributed by atoms with Crippen LogP contribution in [0.1, 0.15) is 17.3 Å². The van der Waals surface area contributed by atoms with Crippen molar-refractivity contribution in [1.29, 1.82) is 0 Å². The molecular formula is C14H11F2NO2. The van der Waals surface area contributed by atoms with Crippen LogP contribution < -0.4 is 4.74 Å². The van der Waals surface area contributed by atoms with Crippen molar-refractivity contribution < 1.29 is 18.3 Å².